The summed E-state index contributed by atoms with van der Waals surface area (Å²) in [6.45, 7) is 6.09. The largest absolute Gasteiger partial charge is 0.507 e. The molecule has 174 valence electrons. The number of ketones is 1. The van der Waals surface area contributed by atoms with Crippen molar-refractivity contribution in [1.29, 1.82) is 0 Å². The Morgan fingerprint density at radius 1 is 1.09 bits per heavy atom. The normalized spacial score (nSPS) is 17.8. The van der Waals surface area contributed by atoms with Crippen LogP contribution in [0.25, 0.3) is 5.76 Å². The molecule has 1 aliphatic heterocycles. The number of halogens is 1. The molecule has 1 amide bonds. The van der Waals surface area contributed by atoms with E-state index in [2.05, 4.69) is 4.98 Å². The highest BCUT2D eigenvalue weighted by Crippen LogP contribution is 2.43. The monoisotopic (exact) mass is 476 g/mol. The summed E-state index contributed by atoms with van der Waals surface area (Å²) >= 11 is 6.18. The van der Waals surface area contributed by atoms with Crippen molar-refractivity contribution in [2.75, 3.05) is 12.0 Å². The molecule has 0 saturated carbocycles. The summed E-state index contributed by atoms with van der Waals surface area (Å²) in [5, 5.41) is 11.8. The molecule has 4 rings (SSSR count). The van der Waals surface area contributed by atoms with Gasteiger partial charge in [0.15, 0.2) is 0 Å². The van der Waals surface area contributed by atoms with E-state index in [9.17, 15) is 14.7 Å². The summed E-state index contributed by atoms with van der Waals surface area (Å²) in [7, 11) is 1.59. The minimum absolute atomic E-state index is 0.0111. The van der Waals surface area contributed by atoms with Crippen LogP contribution in [0.15, 0.2) is 72.6 Å². The van der Waals surface area contributed by atoms with Gasteiger partial charge >= 0.3 is 0 Å². The van der Waals surface area contributed by atoms with Gasteiger partial charge in [0.2, 0.25) is 0 Å². The highest BCUT2D eigenvalue weighted by Gasteiger charge is 2.47. The SMILES string of the molecule is COc1ccc(/C(O)=C2/C(=O)C(=O)N(c3cccc(Cl)c3)C2c2cccnc2)cc1C(C)(C)C. The molecule has 2 heterocycles. The number of carbonyl (C=O) groups is 2. The van der Waals surface area contributed by atoms with E-state index in [1.807, 2.05) is 20.8 Å². The van der Waals surface area contributed by atoms with Crippen molar-refractivity contribution in [1.82, 2.24) is 4.98 Å². The number of nitrogens with zero attached hydrogens (tertiary/aromatic N) is 2. The number of aromatic nitrogens is 1. The molecular formula is C27H25ClN2O4. The molecule has 6 nitrogen and oxygen atoms in total. The summed E-state index contributed by atoms with van der Waals surface area (Å²) in [4.78, 5) is 32.0. The first-order chi connectivity index (χ1) is 16.1. The van der Waals surface area contributed by atoms with Crippen LogP contribution in [0.3, 0.4) is 0 Å². The topological polar surface area (TPSA) is 79.7 Å². The first-order valence-electron chi connectivity index (χ1n) is 10.8. The Morgan fingerprint density at radius 3 is 2.47 bits per heavy atom. The summed E-state index contributed by atoms with van der Waals surface area (Å²) in [6, 6.07) is 14.5. The van der Waals surface area contributed by atoms with Crippen LogP contribution in [0.4, 0.5) is 5.69 Å². The van der Waals surface area contributed by atoms with E-state index in [0.29, 0.717) is 27.6 Å². The van der Waals surface area contributed by atoms with Gasteiger partial charge in [-0.15, -0.1) is 0 Å². The fraction of sp³-hybridized carbons (Fsp3) is 0.222. The van der Waals surface area contributed by atoms with Gasteiger partial charge in [-0.2, -0.15) is 0 Å². The maximum atomic E-state index is 13.3. The van der Waals surface area contributed by atoms with Gasteiger partial charge in [-0.05, 0) is 53.4 Å². The van der Waals surface area contributed by atoms with Gasteiger partial charge in [-0.3, -0.25) is 19.5 Å². The Morgan fingerprint density at radius 2 is 1.85 bits per heavy atom. The number of anilines is 1. The van der Waals surface area contributed by atoms with Crippen LogP contribution in [-0.2, 0) is 15.0 Å². The molecule has 0 radical (unpaired) electrons. The molecule has 1 saturated heterocycles. The Kier molecular flexibility index (Phi) is 6.19. The van der Waals surface area contributed by atoms with Crippen molar-refractivity contribution in [3.63, 3.8) is 0 Å². The minimum Gasteiger partial charge on any atom is -0.507 e. The molecule has 0 aliphatic carbocycles. The third-order valence-corrected chi connectivity index (χ3v) is 6.05. The van der Waals surface area contributed by atoms with Gasteiger partial charge in [-0.25, -0.2) is 0 Å². The van der Waals surface area contributed by atoms with E-state index in [1.165, 1.54) is 4.90 Å². The number of benzene rings is 2. The van der Waals surface area contributed by atoms with Gasteiger partial charge in [0, 0.05) is 34.2 Å². The van der Waals surface area contributed by atoms with Crippen LogP contribution >= 0.6 is 11.6 Å². The van der Waals surface area contributed by atoms with Crippen molar-refractivity contribution in [2.24, 2.45) is 0 Å². The van der Waals surface area contributed by atoms with E-state index in [0.717, 1.165) is 5.56 Å². The Balaban J connectivity index is 1.95. The molecule has 1 fully saturated rings. The summed E-state index contributed by atoms with van der Waals surface area (Å²) < 4.78 is 5.50. The first kappa shape index (κ1) is 23.5. The number of methoxy groups -OCH3 is 1. The zero-order chi connectivity index (χ0) is 24.6. The number of rotatable bonds is 4. The van der Waals surface area contributed by atoms with Gasteiger partial charge in [0.1, 0.15) is 11.5 Å². The van der Waals surface area contributed by atoms with Gasteiger partial charge < -0.3 is 9.84 Å². The summed E-state index contributed by atoms with van der Waals surface area (Å²) in [5.74, 6) is -1.11. The van der Waals surface area contributed by atoms with E-state index >= 15 is 0 Å². The fourth-order valence-corrected chi connectivity index (χ4v) is 4.36. The number of hydrogen-bond acceptors (Lipinski definition) is 5. The van der Waals surface area contributed by atoms with Crippen molar-refractivity contribution in [3.05, 3.63) is 94.3 Å². The van der Waals surface area contributed by atoms with Gasteiger partial charge in [-0.1, -0.05) is 44.5 Å². The Bertz CT molecular complexity index is 1300. The number of amides is 1. The van der Waals surface area contributed by atoms with Crippen LogP contribution in [0.5, 0.6) is 5.75 Å². The molecule has 34 heavy (non-hydrogen) atoms. The lowest BCUT2D eigenvalue weighted by Gasteiger charge is -2.26. The molecule has 0 bridgehead atoms. The molecule has 2 aromatic carbocycles. The highest BCUT2D eigenvalue weighted by molar-refractivity contribution is 6.51. The van der Waals surface area contributed by atoms with Gasteiger partial charge in [0.05, 0.1) is 18.7 Å². The molecular weight excluding hydrogens is 452 g/mol. The zero-order valence-corrected chi connectivity index (χ0v) is 20.1. The van der Waals surface area contributed by atoms with Crippen molar-refractivity contribution in [3.8, 4) is 5.75 Å². The number of aliphatic hydroxyl groups is 1. The third kappa shape index (κ3) is 4.17. The number of carbonyl (C=O) groups excluding carboxylic acids is 2. The molecule has 1 atom stereocenters. The van der Waals surface area contributed by atoms with E-state index in [1.54, 1.807) is 74.1 Å². The highest BCUT2D eigenvalue weighted by atomic mass is 35.5. The molecule has 3 aromatic rings. The quantitative estimate of drug-likeness (QED) is 0.298. The second-order valence-electron chi connectivity index (χ2n) is 9.10. The molecule has 1 aromatic heterocycles. The predicted molar refractivity (Wildman–Crippen MR) is 132 cm³/mol. The number of pyridine rings is 1. The number of aliphatic hydroxyl groups excluding tert-OH is 1. The van der Waals surface area contributed by atoms with Crippen molar-refractivity contribution >= 4 is 34.7 Å². The maximum Gasteiger partial charge on any atom is 0.300 e. The molecule has 7 heteroatoms. The molecule has 1 unspecified atom stereocenters. The van der Waals surface area contributed by atoms with Crippen molar-refractivity contribution in [2.45, 2.75) is 32.2 Å². The smallest absolute Gasteiger partial charge is 0.300 e. The lowest BCUT2D eigenvalue weighted by atomic mass is 9.84. The van der Waals surface area contributed by atoms with E-state index in [4.69, 9.17) is 16.3 Å². The molecule has 1 aliphatic rings. The molecule has 1 N–H and O–H groups in total. The van der Waals surface area contributed by atoms with Crippen molar-refractivity contribution < 1.29 is 19.4 Å². The van der Waals surface area contributed by atoms with Crippen LogP contribution < -0.4 is 9.64 Å². The average molecular weight is 477 g/mol. The predicted octanol–water partition coefficient (Wildman–Crippen LogP) is 5.67. The summed E-state index contributed by atoms with van der Waals surface area (Å²) in [5.41, 5.74) is 2.03. The van der Waals surface area contributed by atoms with E-state index < -0.39 is 17.7 Å². The molecule has 0 spiro atoms. The number of ether oxygens (including phenoxy) is 1. The van der Waals surface area contributed by atoms with Crippen LogP contribution in [0, 0.1) is 0 Å². The lowest BCUT2D eigenvalue weighted by Crippen LogP contribution is -2.29. The maximum absolute atomic E-state index is 13.3. The fourth-order valence-electron chi connectivity index (χ4n) is 4.17. The average Bonchev–Trinajstić information content (AvgIpc) is 3.08. The number of hydrogen-bond donors (Lipinski definition) is 1. The standard InChI is InChI=1S/C27H25ClN2O4/c1-27(2,3)20-13-16(10-11-21(20)34-4)24(31)22-23(17-7-6-12-29-15-17)30(26(33)25(22)32)19-9-5-8-18(28)14-19/h5-15,23,31H,1-4H3/b24-22-. The minimum atomic E-state index is -0.868. The Hall–Kier alpha value is -3.64. The second kappa shape index (κ2) is 8.95. The van der Waals surface area contributed by atoms with E-state index in [-0.39, 0.29) is 16.7 Å². The second-order valence-corrected chi connectivity index (χ2v) is 9.54. The Labute approximate surface area is 203 Å². The first-order valence-corrected chi connectivity index (χ1v) is 11.2. The van der Waals surface area contributed by atoms with Gasteiger partial charge in [0.25, 0.3) is 11.7 Å². The van der Waals surface area contributed by atoms with Crippen LogP contribution in [0.2, 0.25) is 5.02 Å². The summed E-state index contributed by atoms with van der Waals surface area (Å²) in [6.07, 6.45) is 3.18. The lowest BCUT2D eigenvalue weighted by molar-refractivity contribution is -0.132. The number of Topliss-reactive ketones (excluding diaryl/α,β-unsaturated/α-hetero) is 1. The van der Waals surface area contributed by atoms with Crippen LogP contribution in [0.1, 0.15) is 43.5 Å². The van der Waals surface area contributed by atoms with Crippen LogP contribution in [-0.4, -0.2) is 28.9 Å². The third-order valence-electron chi connectivity index (χ3n) is 5.81. The zero-order valence-electron chi connectivity index (χ0n) is 19.4.